The molecular formula is C30H22N2O6. The van der Waals surface area contributed by atoms with Crippen LogP contribution in [-0.4, -0.2) is 35.1 Å². The summed E-state index contributed by atoms with van der Waals surface area (Å²) in [6.07, 6.45) is 0. The number of ketones is 2. The van der Waals surface area contributed by atoms with Crippen molar-refractivity contribution in [2.24, 2.45) is 0 Å². The number of anilines is 1. The lowest BCUT2D eigenvalue weighted by Crippen LogP contribution is -2.36. The zero-order chi connectivity index (χ0) is 27.1. The molecule has 8 nitrogen and oxygen atoms in total. The van der Waals surface area contributed by atoms with E-state index in [9.17, 15) is 24.0 Å². The third-order valence-electron chi connectivity index (χ3n) is 6.46. The minimum Gasteiger partial charge on any atom is -0.465 e. The Morgan fingerprint density at radius 2 is 1.34 bits per heavy atom. The standard InChI is InChI=1S/C30H22N2O6/c1-16-8-12-18(13-9-16)31-28(35)27(34)24-22(30(37)38-3)23-25(20-6-4-5-7-21(20)26(23)33)32(29(24)36)19-14-10-17(2)11-15-19/h4-15H,1-3H3,(H,31,35). The van der Waals surface area contributed by atoms with Crippen molar-refractivity contribution in [1.82, 2.24) is 4.57 Å². The molecule has 3 aromatic carbocycles. The molecule has 1 amide bonds. The molecule has 0 unspecified atom stereocenters. The summed E-state index contributed by atoms with van der Waals surface area (Å²) in [5.74, 6) is -4.01. The van der Waals surface area contributed by atoms with Gasteiger partial charge < -0.3 is 10.1 Å². The van der Waals surface area contributed by atoms with Crippen LogP contribution in [0.2, 0.25) is 0 Å². The summed E-state index contributed by atoms with van der Waals surface area (Å²) < 4.78 is 6.11. The number of aromatic nitrogens is 1. The molecule has 188 valence electrons. The predicted octanol–water partition coefficient (Wildman–Crippen LogP) is 4.27. The highest BCUT2D eigenvalue weighted by atomic mass is 16.5. The average molecular weight is 507 g/mol. The van der Waals surface area contributed by atoms with Gasteiger partial charge in [-0.05, 0) is 38.1 Å². The molecule has 0 radical (unpaired) electrons. The molecule has 8 heteroatoms. The fraction of sp³-hybridized carbons (Fsp3) is 0.100. The Morgan fingerprint density at radius 3 is 1.95 bits per heavy atom. The Labute approximate surface area is 217 Å². The zero-order valence-electron chi connectivity index (χ0n) is 20.8. The third kappa shape index (κ3) is 3.92. The summed E-state index contributed by atoms with van der Waals surface area (Å²) in [7, 11) is 1.08. The number of nitrogens with zero attached hydrogens (tertiary/aromatic N) is 1. The van der Waals surface area contributed by atoms with Gasteiger partial charge in [-0.25, -0.2) is 4.79 Å². The molecule has 0 saturated carbocycles. The summed E-state index contributed by atoms with van der Waals surface area (Å²) in [5.41, 5.74) is 1.09. The SMILES string of the molecule is COC(=O)c1c2c(n(-c3ccc(C)cc3)c(=O)c1C(=O)C(=O)Nc1ccc(C)cc1)-c1ccccc1C2=O. The summed E-state index contributed by atoms with van der Waals surface area (Å²) in [6.45, 7) is 3.74. The van der Waals surface area contributed by atoms with Gasteiger partial charge in [-0.1, -0.05) is 59.7 Å². The molecule has 1 N–H and O–H groups in total. The van der Waals surface area contributed by atoms with Crippen LogP contribution in [0.25, 0.3) is 16.9 Å². The minimum atomic E-state index is -1.26. The van der Waals surface area contributed by atoms with E-state index in [1.54, 1.807) is 72.8 Å². The van der Waals surface area contributed by atoms with Crippen LogP contribution < -0.4 is 10.9 Å². The van der Waals surface area contributed by atoms with Gasteiger partial charge in [-0.15, -0.1) is 0 Å². The van der Waals surface area contributed by atoms with E-state index in [0.717, 1.165) is 18.2 Å². The first kappa shape index (κ1) is 24.6. The van der Waals surface area contributed by atoms with Crippen LogP contribution in [0.1, 0.15) is 47.8 Å². The van der Waals surface area contributed by atoms with Crippen LogP contribution in [0, 0.1) is 13.8 Å². The molecule has 1 aliphatic carbocycles. The zero-order valence-corrected chi connectivity index (χ0v) is 20.8. The van der Waals surface area contributed by atoms with Crippen LogP contribution >= 0.6 is 0 Å². The summed E-state index contributed by atoms with van der Waals surface area (Å²) >= 11 is 0. The fourth-order valence-electron chi connectivity index (χ4n) is 4.57. The van der Waals surface area contributed by atoms with Crippen molar-refractivity contribution in [1.29, 1.82) is 0 Å². The number of fused-ring (bicyclic) bond motifs is 3. The Morgan fingerprint density at radius 1 is 0.763 bits per heavy atom. The number of carbonyl (C=O) groups is 4. The van der Waals surface area contributed by atoms with Gasteiger partial charge in [0.05, 0.1) is 23.9 Å². The van der Waals surface area contributed by atoms with Crippen LogP contribution in [0.3, 0.4) is 0 Å². The van der Waals surface area contributed by atoms with Gasteiger partial charge in [0, 0.05) is 22.5 Å². The van der Waals surface area contributed by atoms with E-state index < -0.39 is 40.1 Å². The molecule has 0 bridgehead atoms. The van der Waals surface area contributed by atoms with E-state index in [1.165, 1.54) is 4.57 Å². The lowest BCUT2D eigenvalue weighted by Gasteiger charge is -2.18. The van der Waals surface area contributed by atoms with Crippen molar-refractivity contribution in [2.75, 3.05) is 12.4 Å². The summed E-state index contributed by atoms with van der Waals surface area (Å²) in [6, 6.07) is 20.2. The number of hydrogen-bond acceptors (Lipinski definition) is 6. The molecule has 5 rings (SSSR count). The van der Waals surface area contributed by atoms with Crippen molar-refractivity contribution in [3.63, 3.8) is 0 Å². The van der Waals surface area contributed by atoms with Crippen molar-refractivity contribution >= 4 is 29.1 Å². The van der Waals surface area contributed by atoms with E-state index in [0.29, 0.717) is 16.9 Å². The summed E-state index contributed by atoms with van der Waals surface area (Å²) in [5, 5.41) is 2.47. The number of Topliss-reactive ketones (excluding diaryl/α,β-unsaturated/α-hetero) is 1. The first-order valence-electron chi connectivity index (χ1n) is 11.8. The van der Waals surface area contributed by atoms with E-state index in [2.05, 4.69) is 5.32 Å². The van der Waals surface area contributed by atoms with Crippen molar-refractivity contribution in [3.05, 3.63) is 117 Å². The van der Waals surface area contributed by atoms with Gasteiger partial charge in [0.15, 0.2) is 5.78 Å². The molecule has 38 heavy (non-hydrogen) atoms. The smallest absolute Gasteiger partial charge is 0.339 e. The molecule has 0 fully saturated rings. The van der Waals surface area contributed by atoms with E-state index >= 15 is 0 Å². The Hall–Kier alpha value is -5.11. The maximum absolute atomic E-state index is 14.1. The Bertz CT molecular complexity index is 1710. The normalized spacial score (nSPS) is 11.5. The van der Waals surface area contributed by atoms with Crippen LogP contribution in [-0.2, 0) is 9.53 Å². The monoisotopic (exact) mass is 506 g/mol. The second-order valence-corrected chi connectivity index (χ2v) is 8.97. The molecule has 0 spiro atoms. The number of carbonyl (C=O) groups excluding carboxylic acids is 4. The van der Waals surface area contributed by atoms with Crippen LogP contribution in [0.15, 0.2) is 77.6 Å². The van der Waals surface area contributed by atoms with E-state index in [4.69, 9.17) is 4.74 Å². The summed E-state index contributed by atoms with van der Waals surface area (Å²) in [4.78, 5) is 67.3. The molecule has 1 aliphatic rings. The molecule has 0 saturated heterocycles. The Balaban J connectivity index is 1.81. The van der Waals surface area contributed by atoms with Gasteiger partial charge in [0.25, 0.3) is 17.2 Å². The van der Waals surface area contributed by atoms with E-state index in [-0.39, 0.29) is 16.8 Å². The number of hydrogen-bond donors (Lipinski definition) is 1. The van der Waals surface area contributed by atoms with Crippen LogP contribution in [0.5, 0.6) is 0 Å². The first-order valence-corrected chi connectivity index (χ1v) is 11.8. The number of ether oxygens (including phenoxy) is 1. The van der Waals surface area contributed by atoms with Crippen molar-refractivity contribution < 1.29 is 23.9 Å². The number of methoxy groups -OCH3 is 1. The van der Waals surface area contributed by atoms with E-state index in [1.807, 2.05) is 13.8 Å². The lowest BCUT2D eigenvalue weighted by atomic mass is 9.96. The molecule has 4 aromatic rings. The number of amides is 1. The number of rotatable bonds is 5. The maximum Gasteiger partial charge on any atom is 0.339 e. The van der Waals surface area contributed by atoms with Crippen molar-refractivity contribution in [2.45, 2.75) is 13.8 Å². The Kier molecular flexibility index (Phi) is 6.08. The predicted molar refractivity (Wildman–Crippen MR) is 141 cm³/mol. The largest absolute Gasteiger partial charge is 0.465 e. The second-order valence-electron chi connectivity index (χ2n) is 8.97. The molecule has 0 aliphatic heterocycles. The molecular weight excluding hydrogens is 484 g/mol. The molecule has 1 heterocycles. The highest BCUT2D eigenvalue weighted by Gasteiger charge is 2.40. The van der Waals surface area contributed by atoms with Crippen molar-refractivity contribution in [3.8, 4) is 16.9 Å². The molecule has 1 aromatic heterocycles. The highest BCUT2D eigenvalue weighted by Crippen LogP contribution is 2.40. The van der Waals surface area contributed by atoms with Gasteiger partial charge in [0.1, 0.15) is 5.56 Å². The fourth-order valence-corrected chi connectivity index (χ4v) is 4.57. The number of pyridine rings is 1. The highest BCUT2D eigenvalue weighted by molar-refractivity contribution is 6.48. The number of benzene rings is 3. The van der Waals surface area contributed by atoms with Gasteiger partial charge >= 0.3 is 5.97 Å². The van der Waals surface area contributed by atoms with Gasteiger partial charge in [-0.2, -0.15) is 0 Å². The van der Waals surface area contributed by atoms with Gasteiger partial charge in [-0.3, -0.25) is 23.7 Å². The average Bonchev–Trinajstić information content (AvgIpc) is 3.21. The quantitative estimate of drug-likeness (QED) is 0.216. The second kappa shape index (κ2) is 9.40. The van der Waals surface area contributed by atoms with Gasteiger partial charge in [0.2, 0.25) is 0 Å². The number of esters is 1. The number of nitrogens with one attached hydrogen (secondary N) is 1. The minimum absolute atomic E-state index is 0.162. The lowest BCUT2D eigenvalue weighted by molar-refractivity contribution is -0.112. The number of aryl methyl sites for hydroxylation is 2. The molecule has 0 atom stereocenters. The topological polar surface area (TPSA) is 112 Å². The maximum atomic E-state index is 14.1. The third-order valence-corrected chi connectivity index (χ3v) is 6.46. The first-order chi connectivity index (χ1) is 18.2. The van der Waals surface area contributed by atoms with Crippen LogP contribution in [0.4, 0.5) is 5.69 Å².